The van der Waals surface area contributed by atoms with E-state index in [1.165, 1.54) is 0 Å². The molecule has 0 radical (unpaired) electrons. The molecule has 1 fully saturated rings. The minimum atomic E-state index is 0.273. The molecule has 1 aliphatic rings. The van der Waals surface area contributed by atoms with Crippen molar-refractivity contribution in [2.24, 2.45) is 0 Å². The van der Waals surface area contributed by atoms with Crippen molar-refractivity contribution in [1.82, 2.24) is 10.2 Å². The normalized spacial score (nSPS) is 30.4. The summed E-state index contributed by atoms with van der Waals surface area (Å²) < 4.78 is 0. The van der Waals surface area contributed by atoms with E-state index in [4.69, 9.17) is 0 Å². The fourth-order valence-corrected chi connectivity index (χ4v) is 1.75. The second-order valence-corrected chi connectivity index (χ2v) is 3.62. The Bertz CT molecular complexity index is 160. The van der Waals surface area contributed by atoms with Crippen LogP contribution in [0.5, 0.6) is 0 Å². The van der Waals surface area contributed by atoms with Crippen LogP contribution in [0.25, 0.3) is 0 Å². The molecule has 0 saturated carbocycles. The molecular weight excluding hydrogens is 152 g/mol. The van der Waals surface area contributed by atoms with Crippen molar-refractivity contribution < 1.29 is 4.79 Å². The van der Waals surface area contributed by atoms with E-state index < -0.39 is 0 Å². The topological polar surface area (TPSA) is 32.3 Å². The fourth-order valence-electron chi connectivity index (χ4n) is 1.75. The molecule has 0 aliphatic carbocycles. The molecule has 0 bridgehead atoms. The Morgan fingerprint density at radius 3 is 2.33 bits per heavy atom. The molecule has 0 aromatic heterocycles. The number of nitrogens with one attached hydrogen (secondary N) is 1. The van der Waals surface area contributed by atoms with Crippen LogP contribution in [0.15, 0.2) is 0 Å². The third-order valence-electron chi connectivity index (χ3n) is 2.21. The lowest BCUT2D eigenvalue weighted by Crippen LogP contribution is -2.55. The molecule has 1 aliphatic heterocycles. The summed E-state index contributed by atoms with van der Waals surface area (Å²) in [6.45, 7) is 7.87. The average molecular weight is 170 g/mol. The van der Waals surface area contributed by atoms with Gasteiger partial charge in [-0.15, -0.1) is 0 Å². The van der Waals surface area contributed by atoms with Crippen molar-refractivity contribution in [3.63, 3.8) is 0 Å². The smallest absolute Gasteiger partial charge is 0.222 e. The Labute approximate surface area is 74.1 Å². The standard InChI is InChI=1S/C9H18N2O/c1-4-9(12)11-5-7(2)10-8(3)6-11/h7-8,10H,4-6H2,1-3H3/t7-,8-/m1/s1. The Morgan fingerprint density at radius 1 is 1.42 bits per heavy atom. The molecule has 1 N–H and O–H groups in total. The highest BCUT2D eigenvalue weighted by Crippen LogP contribution is 2.05. The minimum Gasteiger partial charge on any atom is -0.340 e. The zero-order valence-electron chi connectivity index (χ0n) is 8.13. The van der Waals surface area contributed by atoms with Gasteiger partial charge in [-0.1, -0.05) is 6.92 Å². The molecule has 0 spiro atoms. The molecule has 3 nitrogen and oxygen atoms in total. The monoisotopic (exact) mass is 170 g/mol. The molecule has 12 heavy (non-hydrogen) atoms. The number of piperazine rings is 1. The summed E-state index contributed by atoms with van der Waals surface area (Å²) in [7, 11) is 0. The molecular formula is C9H18N2O. The maximum absolute atomic E-state index is 11.4. The van der Waals surface area contributed by atoms with E-state index in [1.807, 2.05) is 11.8 Å². The summed E-state index contributed by atoms with van der Waals surface area (Å²) in [4.78, 5) is 13.3. The number of hydrogen-bond donors (Lipinski definition) is 1. The average Bonchev–Trinajstić information content (AvgIpc) is 2.01. The van der Waals surface area contributed by atoms with Crippen LogP contribution in [-0.4, -0.2) is 36.0 Å². The largest absolute Gasteiger partial charge is 0.340 e. The molecule has 3 heteroatoms. The third-order valence-corrected chi connectivity index (χ3v) is 2.21. The molecule has 1 heterocycles. The van der Waals surface area contributed by atoms with Gasteiger partial charge in [0.15, 0.2) is 0 Å². The van der Waals surface area contributed by atoms with Gasteiger partial charge in [0.25, 0.3) is 0 Å². The first-order valence-corrected chi connectivity index (χ1v) is 4.67. The summed E-state index contributed by atoms with van der Waals surface area (Å²) in [5.41, 5.74) is 0. The highest BCUT2D eigenvalue weighted by molar-refractivity contribution is 5.76. The van der Waals surface area contributed by atoms with Gasteiger partial charge < -0.3 is 10.2 Å². The minimum absolute atomic E-state index is 0.273. The highest BCUT2D eigenvalue weighted by Gasteiger charge is 2.23. The van der Waals surface area contributed by atoms with Gasteiger partial charge in [0.05, 0.1) is 0 Å². The number of nitrogens with zero attached hydrogens (tertiary/aromatic N) is 1. The van der Waals surface area contributed by atoms with E-state index in [1.54, 1.807) is 0 Å². The van der Waals surface area contributed by atoms with Crippen molar-refractivity contribution in [2.45, 2.75) is 39.3 Å². The maximum atomic E-state index is 11.4. The van der Waals surface area contributed by atoms with E-state index in [9.17, 15) is 4.79 Å². The number of rotatable bonds is 1. The van der Waals surface area contributed by atoms with Crippen molar-refractivity contribution in [3.8, 4) is 0 Å². The van der Waals surface area contributed by atoms with E-state index >= 15 is 0 Å². The number of carbonyl (C=O) groups is 1. The lowest BCUT2D eigenvalue weighted by molar-refractivity contribution is -0.132. The number of amides is 1. The third kappa shape index (κ3) is 2.21. The van der Waals surface area contributed by atoms with Crippen molar-refractivity contribution in [1.29, 1.82) is 0 Å². The van der Waals surface area contributed by atoms with E-state index in [0.717, 1.165) is 13.1 Å². The summed E-state index contributed by atoms with van der Waals surface area (Å²) in [6, 6.07) is 0.869. The first kappa shape index (κ1) is 9.52. The predicted octanol–water partition coefficient (Wildman–Crippen LogP) is 0.605. The quantitative estimate of drug-likeness (QED) is 0.625. The summed E-state index contributed by atoms with van der Waals surface area (Å²) in [5, 5.41) is 3.39. The van der Waals surface area contributed by atoms with E-state index in [0.29, 0.717) is 18.5 Å². The molecule has 0 aromatic carbocycles. The molecule has 70 valence electrons. The van der Waals surface area contributed by atoms with Crippen LogP contribution in [-0.2, 0) is 4.79 Å². The number of hydrogen-bond acceptors (Lipinski definition) is 2. The van der Waals surface area contributed by atoms with Gasteiger partial charge in [0.1, 0.15) is 0 Å². The summed E-state index contributed by atoms with van der Waals surface area (Å²) >= 11 is 0. The second kappa shape index (κ2) is 3.90. The van der Waals surface area contributed by atoms with Crippen LogP contribution in [0.2, 0.25) is 0 Å². The van der Waals surface area contributed by atoms with Gasteiger partial charge in [-0.25, -0.2) is 0 Å². The molecule has 1 amide bonds. The zero-order chi connectivity index (χ0) is 9.14. The molecule has 2 atom stereocenters. The van der Waals surface area contributed by atoms with Gasteiger partial charge in [0, 0.05) is 31.6 Å². The van der Waals surface area contributed by atoms with Crippen molar-refractivity contribution >= 4 is 5.91 Å². The zero-order valence-corrected chi connectivity index (χ0v) is 8.13. The van der Waals surface area contributed by atoms with Crippen LogP contribution in [0, 0.1) is 0 Å². The molecule has 1 saturated heterocycles. The van der Waals surface area contributed by atoms with Crippen LogP contribution in [0.1, 0.15) is 27.2 Å². The molecule has 0 aromatic rings. The van der Waals surface area contributed by atoms with Gasteiger partial charge in [-0.3, -0.25) is 4.79 Å². The Morgan fingerprint density at radius 2 is 1.92 bits per heavy atom. The SMILES string of the molecule is CCC(=O)N1C[C@@H](C)N[C@H](C)C1. The van der Waals surface area contributed by atoms with Gasteiger partial charge in [-0.05, 0) is 13.8 Å². The van der Waals surface area contributed by atoms with Crippen molar-refractivity contribution in [3.05, 3.63) is 0 Å². The molecule has 1 rings (SSSR count). The van der Waals surface area contributed by atoms with Crippen molar-refractivity contribution in [2.75, 3.05) is 13.1 Å². The first-order chi connectivity index (χ1) is 5.63. The van der Waals surface area contributed by atoms with Crippen LogP contribution >= 0.6 is 0 Å². The number of carbonyl (C=O) groups excluding carboxylic acids is 1. The van der Waals surface area contributed by atoms with Crippen LogP contribution in [0.4, 0.5) is 0 Å². The summed E-state index contributed by atoms with van der Waals surface area (Å²) in [5.74, 6) is 0.273. The van der Waals surface area contributed by atoms with Gasteiger partial charge in [-0.2, -0.15) is 0 Å². The second-order valence-electron chi connectivity index (χ2n) is 3.62. The van der Waals surface area contributed by atoms with Gasteiger partial charge in [0.2, 0.25) is 5.91 Å². The highest BCUT2D eigenvalue weighted by atomic mass is 16.2. The first-order valence-electron chi connectivity index (χ1n) is 4.67. The fraction of sp³-hybridized carbons (Fsp3) is 0.889. The van der Waals surface area contributed by atoms with E-state index in [2.05, 4.69) is 19.2 Å². The Balaban J connectivity index is 2.49. The van der Waals surface area contributed by atoms with E-state index in [-0.39, 0.29) is 5.91 Å². The van der Waals surface area contributed by atoms with Crippen LogP contribution < -0.4 is 5.32 Å². The lowest BCUT2D eigenvalue weighted by atomic mass is 10.1. The predicted molar refractivity (Wildman–Crippen MR) is 48.9 cm³/mol. The molecule has 0 unspecified atom stereocenters. The Hall–Kier alpha value is -0.570. The maximum Gasteiger partial charge on any atom is 0.222 e. The Kier molecular flexibility index (Phi) is 3.09. The summed E-state index contributed by atoms with van der Waals surface area (Å²) in [6.07, 6.45) is 0.624. The van der Waals surface area contributed by atoms with Crippen LogP contribution in [0.3, 0.4) is 0 Å². The lowest BCUT2D eigenvalue weighted by Gasteiger charge is -2.36. The van der Waals surface area contributed by atoms with Gasteiger partial charge >= 0.3 is 0 Å².